The Bertz CT molecular complexity index is 293. The Morgan fingerprint density at radius 3 is 2.47 bits per heavy atom. The number of aliphatic carboxylic acids is 1. The van der Waals surface area contributed by atoms with Gasteiger partial charge in [0.05, 0.1) is 0 Å². The lowest BCUT2D eigenvalue weighted by Gasteiger charge is -2.33. The number of carbonyl (C=O) groups is 2. The standard InChI is InChI=1S/C12H22N2O3/c1-7-4-5-10(8(2)6-7)14-12(17)13-9(3)11(15)16/h7-10H,4-6H2,1-3H3,(H,15,16)(H2,13,14,17). The third-order valence-corrected chi connectivity index (χ3v) is 3.47. The van der Waals surface area contributed by atoms with Gasteiger partial charge in [-0.3, -0.25) is 4.79 Å². The van der Waals surface area contributed by atoms with Crippen molar-refractivity contribution in [3.05, 3.63) is 0 Å². The molecule has 0 aromatic rings. The van der Waals surface area contributed by atoms with Gasteiger partial charge in [-0.15, -0.1) is 0 Å². The van der Waals surface area contributed by atoms with E-state index >= 15 is 0 Å². The van der Waals surface area contributed by atoms with Crippen LogP contribution in [0.5, 0.6) is 0 Å². The lowest BCUT2D eigenvalue weighted by atomic mass is 9.80. The van der Waals surface area contributed by atoms with Gasteiger partial charge in [0.1, 0.15) is 6.04 Å². The minimum absolute atomic E-state index is 0.159. The number of carboxylic acid groups (broad SMARTS) is 1. The highest BCUT2D eigenvalue weighted by atomic mass is 16.4. The Morgan fingerprint density at radius 1 is 1.29 bits per heavy atom. The largest absolute Gasteiger partial charge is 0.480 e. The Hall–Kier alpha value is -1.26. The first-order valence-corrected chi connectivity index (χ1v) is 6.20. The molecule has 4 unspecified atom stereocenters. The van der Waals surface area contributed by atoms with Crippen molar-refractivity contribution in [1.82, 2.24) is 10.6 Å². The molecule has 0 saturated heterocycles. The van der Waals surface area contributed by atoms with Crippen LogP contribution in [0.2, 0.25) is 0 Å². The van der Waals surface area contributed by atoms with Gasteiger partial charge in [-0.25, -0.2) is 4.79 Å². The number of amides is 2. The molecule has 3 N–H and O–H groups in total. The molecule has 0 aromatic carbocycles. The summed E-state index contributed by atoms with van der Waals surface area (Å²) in [7, 11) is 0. The molecule has 4 atom stereocenters. The molecule has 5 nitrogen and oxygen atoms in total. The third kappa shape index (κ3) is 4.24. The molecule has 1 rings (SSSR count). The predicted octanol–water partition coefficient (Wildman–Crippen LogP) is 1.58. The van der Waals surface area contributed by atoms with Crippen LogP contribution < -0.4 is 10.6 Å². The van der Waals surface area contributed by atoms with Crippen LogP contribution in [0.4, 0.5) is 4.79 Å². The van der Waals surface area contributed by atoms with E-state index < -0.39 is 12.0 Å². The van der Waals surface area contributed by atoms with Crippen molar-refractivity contribution < 1.29 is 14.7 Å². The molecule has 5 heteroatoms. The van der Waals surface area contributed by atoms with Crippen molar-refractivity contribution >= 4 is 12.0 Å². The van der Waals surface area contributed by atoms with Gasteiger partial charge in [-0.05, 0) is 38.0 Å². The van der Waals surface area contributed by atoms with Crippen molar-refractivity contribution in [3.8, 4) is 0 Å². The highest BCUT2D eigenvalue weighted by Crippen LogP contribution is 2.28. The summed E-state index contributed by atoms with van der Waals surface area (Å²) in [5.41, 5.74) is 0. The molecular formula is C12H22N2O3. The van der Waals surface area contributed by atoms with Gasteiger partial charge >= 0.3 is 12.0 Å². The molecule has 2 amide bonds. The predicted molar refractivity (Wildman–Crippen MR) is 64.7 cm³/mol. The molecule has 0 radical (unpaired) electrons. The van der Waals surface area contributed by atoms with Gasteiger partial charge in [0.2, 0.25) is 0 Å². The van der Waals surface area contributed by atoms with E-state index in [1.807, 2.05) is 0 Å². The van der Waals surface area contributed by atoms with Crippen molar-refractivity contribution in [2.45, 2.75) is 52.1 Å². The van der Waals surface area contributed by atoms with Gasteiger partial charge in [-0.1, -0.05) is 13.8 Å². The zero-order chi connectivity index (χ0) is 13.0. The first-order chi connectivity index (χ1) is 7.90. The minimum atomic E-state index is -1.02. The summed E-state index contributed by atoms with van der Waals surface area (Å²) in [6.45, 7) is 5.80. The second kappa shape index (κ2) is 5.89. The maximum absolute atomic E-state index is 11.6. The molecule has 98 valence electrons. The van der Waals surface area contributed by atoms with Crippen LogP contribution in [0.1, 0.15) is 40.0 Å². The molecular weight excluding hydrogens is 220 g/mol. The van der Waals surface area contributed by atoms with Crippen LogP contribution in [-0.2, 0) is 4.79 Å². The number of rotatable bonds is 3. The molecule has 1 saturated carbocycles. The van der Waals surface area contributed by atoms with Gasteiger partial charge in [0, 0.05) is 6.04 Å². The third-order valence-electron chi connectivity index (χ3n) is 3.47. The summed E-state index contributed by atoms with van der Waals surface area (Å²) >= 11 is 0. The van der Waals surface area contributed by atoms with Gasteiger partial charge < -0.3 is 15.7 Å². The Kier molecular flexibility index (Phi) is 4.78. The van der Waals surface area contributed by atoms with Crippen molar-refractivity contribution in [2.24, 2.45) is 11.8 Å². The summed E-state index contributed by atoms with van der Waals surface area (Å²) in [5, 5.41) is 14.0. The van der Waals surface area contributed by atoms with E-state index in [4.69, 9.17) is 5.11 Å². The lowest BCUT2D eigenvalue weighted by Crippen LogP contribution is -2.50. The smallest absolute Gasteiger partial charge is 0.325 e. The fourth-order valence-corrected chi connectivity index (χ4v) is 2.35. The van der Waals surface area contributed by atoms with E-state index in [0.717, 1.165) is 19.3 Å². The van der Waals surface area contributed by atoms with Crippen LogP contribution >= 0.6 is 0 Å². The number of urea groups is 1. The van der Waals surface area contributed by atoms with E-state index in [1.54, 1.807) is 0 Å². The SMILES string of the molecule is CC1CCC(NC(=O)NC(C)C(=O)O)C(C)C1. The topological polar surface area (TPSA) is 78.4 Å². The summed E-state index contributed by atoms with van der Waals surface area (Å²) < 4.78 is 0. The second-order valence-electron chi connectivity index (χ2n) is 5.18. The van der Waals surface area contributed by atoms with Crippen molar-refractivity contribution in [3.63, 3.8) is 0 Å². The van der Waals surface area contributed by atoms with Crippen LogP contribution in [-0.4, -0.2) is 29.2 Å². The number of hydrogen-bond donors (Lipinski definition) is 3. The number of carbonyl (C=O) groups excluding carboxylic acids is 1. The van der Waals surface area contributed by atoms with Crippen LogP contribution in [0.3, 0.4) is 0 Å². The van der Waals surface area contributed by atoms with Crippen LogP contribution in [0.25, 0.3) is 0 Å². The highest BCUT2D eigenvalue weighted by Gasteiger charge is 2.27. The molecule has 1 aliphatic carbocycles. The maximum atomic E-state index is 11.6. The minimum Gasteiger partial charge on any atom is -0.480 e. The first-order valence-electron chi connectivity index (χ1n) is 6.20. The molecule has 17 heavy (non-hydrogen) atoms. The van der Waals surface area contributed by atoms with Crippen LogP contribution in [0.15, 0.2) is 0 Å². The number of nitrogens with one attached hydrogen (secondary N) is 2. The summed E-state index contributed by atoms with van der Waals surface area (Å²) in [4.78, 5) is 22.2. The fourth-order valence-electron chi connectivity index (χ4n) is 2.35. The van der Waals surface area contributed by atoms with E-state index in [0.29, 0.717) is 11.8 Å². The molecule has 1 fully saturated rings. The molecule has 0 spiro atoms. The van der Waals surface area contributed by atoms with E-state index in [2.05, 4.69) is 24.5 Å². The molecule has 0 aliphatic heterocycles. The molecule has 0 bridgehead atoms. The summed E-state index contributed by atoms with van der Waals surface area (Å²) in [6.07, 6.45) is 3.19. The van der Waals surface area contributed by atoms with Gasteiger partial charge in [0.25, 0.3) is 0 Å². The van der Waals surface area contributed by atoms with E-state index in [1.165, 1.54) is 6.92 Å². The Morgan fingerprint density at radius 2 is 1.94 bits per heavy atom. The van der Waals surface area contributed by atoms with E-state index in [-0.39, 0.29) is 12.1 Å². The number of hydrogen-bond acceptors (Lipinski definition) is 2. The normalized spacial score (nSPS) is 30.4. The maximum Gasteiger partial charge on any atom is 0.325 e. The first kappa shape index (κ1) is 13.8. The monoisotopic (exact) mass is 242 g/mol. The van der Waals surface area contributed by atoms with Crippen molar-refractivity contribution in [2.75, 3.05) is 0 Å². The fraction of sp³-hybridized carbons (Fsp3) is 0.833. The van der Waals surface area contributed by atoms with E-state index in [9.17, 15) is 9.59 Å². The van der Waals surface area contributed by atoms with Gasteiger partial charge in [-0.2, -0.15) is 0 Å². The quantitative estimate of drug-likeness (QED) is 0.703. The Labute approximate surface area is 102 Å². The summed E-state index contributed by atoms with van der Waals surface area (Å²) in [5.74, 6) is 0.138. The average molecular weight is 242 g/mol. The zero-order valence-corrected chi connectivity index (χ0v) is 10.7. The van der Waals surface area contributed by atoms with Crippen LogP contribution in [0, 0.1) is 11.8 Å². The van der Waals surface area contributed by atoms with Crippen molar-refractivity contribution in [1.29, 1.82) is 0 Å². The average Bonchev–Trinajstić information content (AvgIpc) is 2.22. The number of carboxylic acids is 1. The molecule has 0 aromatic heterocycles. The Balaban J connectivity index is 2.38. The second-order valence-corrected chi connectivity index (χ2v) is 5.18. The highest BCUT2D eigenvalue weighted by molar-refractivity contribution is 5.82. The zero-order valence-electron chi connectivity index (χ0n) is 10.7. The molecule has 0 heterocycles. The molecule has 1 aliphatic rings. The van der Waals surface area contributed by atoms with Gasteiger partial charge in [0.15, 0.2) is 0 Å². The lowest BCUT2D eigenvalue weighted by molar-refractivity contribution is -0.138. The summed E-state index contributed by atoms with van der Waals surface area (Å²) in [6, 6.07) is -1.08.